The summed E-state index contributed by atoms with van der Waals surface area (Å²) in [4.78, 5) is 29.6. The second-order valence-electron chi connectivity index (χ2n) is 15.9. The second kappa shape index (κ2) is 22.5. The number of alkyl halides is 2. The Morgan fingerprint density at radius 2 is 1.15 bits per heavy atom. The van der Waals surface area contributed by atoms with Gasteiger partial charge in [0, 0.05) is 42.7 Å². The highest BCUT2D eigenvalue weighted by molar-refractivity contribution is 9.09. The van der Waals surface area contributed by atoms with Crippen LogP contribution in [0.1, 0.15) is 57.6 Å². The highest BCUT2D eigenvalue weighted by atomic mass is 79.9. The van der Waals surface area contributed by atoms with Gasteiger partial charge >= 0.3 is 6.09 Å². The molecule has 6 aromatic heterocycles. The molecule has 340 valence electrons. The number of aryl methyl sites for hydroxylation is 4. The van der Waals surface area contributed by atoms with Crippen molar-refractivity contribution < 1.29 is 9.53 Å². The molecule has 0 aliphatic rings. The van der Waals surface area contributed by atoms with Gasteiger partial charge in [-0.3, -0.25) is 9.36 Å². The summed E-state index contributed by atoms with van der Waals surface area (Å²) in [6.07, 6.45) is 15.8. The maximum Gasteiger partial charge on any atom is 0.407 e. The molecule has 2 aromatic carbocycles. The van der Waals surface area contributed by atoms with E-state index in [0.29, 0.717) is 47.3 Å². The van der Waals surface area contributed by atoms with Gasteiger partial charge in [-0.1, -0.05) is 66.6 Å². The predicted octanol–water partition coefficient (Wildman–Crippen LogP) is 7.22. The molecule has 6 heterocycles. The van der Waals surface area contributed by atoms with Gasteiger partial charge in [0.1, 0.15) is 5.60 Å². The first kappa shape index (κ1) is 46.6. The standard InChI is InChI=1S/C24H30BrN9O2.C19H22BrN9/c1-24(2,3)36-23(35)26-12-4-5-13-33-16-18(14-28-33)29-22-27-15-20-21(30-22)34(32-31-20)19-8-6-17(7-9-19)10-11-25;20-8-7-14-3-5-16(6-4-14)29-18-17(26-27-29)12-22-19(25-18)24-15-11-23-28(13-15)10-2-1-9-21/h6-9,14-16H,4-5,10-13H2,1-3H3,(H,26,35)(H,27,29,30);3-6,11-13H,1-2,7-10,21H2,(H,22,24,25). The molecule has 0 radical (unpaired) electrons. The first-order valence-electron chi connectivity index (χ1n) is 21.3. The quantitative estimate of drug-likeness (QED) is 0.0462. The molecule has 22 heteroatoms. The number of nitrogens with zero attached hydrogens (tertiary/aromatic N) is 14. The number of ether oxygens (including phenoxy) is 1. The average Bonchev–Trinajstić information content (AvgIpc) is 4.12. The molecule has 0 fully saturated rings. The van der Waals surface area contributed by atoms with Crippen molar-refractivity contribution in [2.45, 2.75) is 78.0 Å². The van der Waals surface area contributed by atoms with Crippen LogP contribution in [0.3, 0.4) is 0 Å². The SMILES string of the molecule is CC(C)(C)OC(=O)NCCCCn1cc(Nc2ncc3nnn(-c4ccc(CCBr)cc4)c3n2)cn1.NCCCCn1cc(Nc2ncc3nnn(-c4ccc(CCBr)cc4)c3n2)cn1. The molecule has 1 amide bonds. The van der Waals surface area contributed by atoms with E-state index in [-0.39, 0.29) is 0 Å². The van der Waals surface area contributed by atoms with Crippen molar-refractivity contribution in [3.8, 4) is 11.4 Å². The summed E-state index contributed by atoms with van der Waals surface area (Å²) >= 11 is 6.93. The predicted molar refractivity (Wildman–Crippen MR) is 257 cm³/mol. The summed E-state index contributed by atoms with van der Waals surface area (Å²) in [7, 11) is 0. The first-order chi connectivity index (χ1) is 31.6. The third-order valence-electron chi connectivity index (χ3n) is 9.62. The Morgan fingerprint density at radius 3 is 1.60 bits per heavy atom. The number of aromatic nitrogens is 14. The summed E-state index contributed by atoms with van der Waals surface area (Å²) in [6, 6.07) is 16.4. The molecule has 0 spiro atoms. The highest BCUT2D eigenvalue weighted by Gasteiger charge is 2.16. The lowest BCUT2D eigenvalue weighted by atomic mass is 10.1. The van der Waals surface area contributed by atoms with Crippen LogP contribution in [-0.4, -0.2) is 105 Å². The van der Waals surface area contributed by atoms with Crippen LogP contribution in [0.5, 0.6) is 0 Å². The Hall–Kier alpha value is -6.39. The van der Waals surface area contributed by atoms with Crippen molar-refractivity contribution in [3.05, 3.63) is 96.8 Å². The first-order valence-corrected chi connectivity index (χ1v) is 23.5. The Labute approximate surface area is 392 Å². The maximum atomic E-state index is 11.7. The van der Waals surface area contributed by atoms with Crippen LogP contribution in [0.25, 0.3) is 33.7 Å². The molecule has 8 rings (SSSR count). The molecule has 0 saturated heterocycles. The van der Waals surface area contributed by atoms with Gasteiger partial charge in [0.25, 0.3) is 0 Å². The van der Waals surface area contributed by atoms with Gasteiger partial charge in [0.2, 0.25) is 11.9 Å². The molecule has 0 bridgehead atoms. The number of carbonyl (C=O) groups excluding carboxylic acids is 1. The number of alkyl carbamates (subject to hydrolysis) is 1. The number of fused-ring (bicyclic) bond motifs is 2. The van der Waals surface area contributed by atoms with Crippen molar-refractivity contribution in [1.29, 1.82) is 0 Å². The number of carbonyl (C=O) groups is 1. The van der Waals surface area contributed by atoms with E-state index in [1.165, 1.54) is 11.1 Å². The number of hydrogen-bond acceptors (Lipinski definition) is 15. The van der Waals surface area contributed by atoms with Crippen LogP contribution < -0.4 is 21.7 Å². The minimum atomic E-state index is -0.495. The van der Waals surface area contributed by atoms with Gasteiger partial charge in [-0.15, -0.1) is 10.2 Å². The van der Waals surface area contributed by atoms with Crippen LogP contribution in [0.4, 0.5) is 28.1 Å². The molecule has 5 N–H and O–H groups in total. The van der Waals surface area contributed by atoms with Crippen molar-refractivity contribution in [2.75, 3.05) is 34.4 Å². The number of amides is 1. The van der Waals surface area contributed by atoms with Crippen LogP contribution in [0, 0.1) is 0 Å². The Balaban J connectivity index is 0.000000198. The van der Waals surface area contributed by atoms with E-state index >= 15 is 0 Å². The Kier molecular flexibility index (Phi) is 16.1. The zero-order valence-electron chi connectivity index (χ0n) is 36.5. The number of anilines is 4. The van der Waals surface area contributed by atoms with Gasteiger partial charge in [-0.25, -0.2) is 14.8 Å². The highest BCUT2D eigenvalue weighted by Crippen LogP contribution is 2.21. The van der Waals surface area contributed by atoms with Crippen LogP contribution >= 0.6 is 31.9 Å². The number of rotatable bonds is 19. The lowest BCUT2D eigenvalue weighted by molar-refractivity contribution is 0.0527. The van der Waals surface area contributed by atoms with Gasteiger partial charge < -0.3 is 26.4 Å². The van der Waals surface area contributed by atoms with E-state index < -0.39 is 11.7 Å². The summed E-state index contributed by atoms with van der Waals surface area (Å²) in [5.74, 6) is 0.904. The van der Waals surface area contributed by atoms with Crippen molar-refractivity contribution in [2.24, 2.45) is 5.73 Å². The number of halogens is 2. The van der Waals surface area contributed by atoms with E-state index in [0.717, 1.165) is 85.0 Å². The molecule has 0 unspecified atom stereocenters. The largest absolute Gasteiger partial charge is 0.444 e. The van der Waals surface area contributed by atoms with Crippen molar-refractivity contribution >= 4 is 83.6 Å². The van der Waals surface area contributed by atoms with Crippen molar-refractivity contribution in [3.63, 3.8) is 0 Å². The fourth-order valence-corrected chi connectivity index (χ4v) is 7.35. The van der Waals surface area contributed by atoms with E-state index in [2.05, 4.69) is 123 Å². The molecule has 0 atom stereocenters. The normalized spacial score (nSPS) is 11.4. The van der Waals surface area contributed by atoms with Crippen LogP contribution in [-0.2, 0) is 30.7 Å². The molecule has 8 aromatic rings. The van der Waals surface area contributed by atoms with E-state index in [4.69, 9.17) is 10.5 Å². The Bertz CT molecular complexity index is 2740. The summed E-state index contributed by atoms with van der Waals surface area (Å²) in [5.41, 5.74) is 13.5. The number of nitrogens with two attached hydrogens (primary N) is 1. The third-order valence-corrected chi connectivity index (χ3v) is 10.4. The smallest absolute Gasteiger partial charge is 0.407 e. The van der Waals surface area contributed by atoms with Crippen LogP contribution in [0.15, 0.2) is 85.7 Å². The maximum absolute atomic E-state index is 11.7. The fraction of sp³-hybridized carbons (Fsp3) is 0.372. The van der Waals surface area contributed by atoms with Gasteiger partial charge in [-0.05, 0) is 101 Å². The Morgan fingerprint density at radius 1 is 0.677 bits per heavy atom. The second-order valence-corrected chi connectivity index (χ2v) is 17.5. The van der Waals surface area contributed by atoms with E-state index in [1.807, 2.05) is 66.8 Å². The molecule has 20 nitrogen and oxygen atoms in total. The molecular weight excluding hydrogens is 960 g/mol. The van der Waals surface area contributed by atoms with E-state index in [1.54, 1.807) is 34.2 Å². The summed E-state index contributed by atoms with van der Waals surface area (Å²) < 4.78 is 12.4. The monoisotopic (exact) mass is 1010 g/mol. The third kappa shape index (κ3) is 13.3. The number of hydrogen-bond donors (Lipinski definition) is 4. The van der Waals surface area contributed by atoms with Gasteiger partial charge in [-0.2, -0.15) is 29.5 Å². The van der Waals surface area contributed by atoms with Gasteiger partial charge in [0.05, 0.1) is 47.5 Å². The van der Waals surface area contributed by atoms with Crippen LogP contribution in [0.2, 0.25) is 0 Å². The summed E-state index contributed by atoms with van der Waals surface area (Å²) in [6.45, 7) is 8.33. The summed E-state index contributed by atoms with van der Waals surface area (Å²) in [5, 5.41) is 36.6. The molecule has 0 saturated carbocycles. The molecular formula is C43H52Br2N18O2. The fourth-order valence-electron chi connectivity index (χ4n) is 6.43. The lowest BCUT2D eigenvalue weighted by Crippen LogP contribution is -2.33. The zero-order valence-corrected chi connectivity index (χ0v) is 39.7. The molecule has 0 aliphatic carbocycles. The topological polar surface area (TPSA) is 237 Å². The minimum absolute atomic E-state index is 0.395. The van der Waals surface area contributed by atoms with Gasteiger partial charge in [0.15, 0.2) is 22.3 Å². The lowest BCUT2D eigenvalue weighted by Gasteiger charge is -2.19. The zero-order chi connectivity index (χ0) is 45.6. The number of unbranched alkanes of at least 4 members (excludes halogenated alkanes) is 2. The van der Waals surface area contributed by atoms with E-state index in [9.17, 15) is 4.79 Å². The number of benzene rings is 2. The molecule has 0 aliphatic heterocycles. The molecule has 65 heavy (non-hydrogen) atoms. The number of nitrogens with one attached hydrogen (secondary N) is 3. The van der Waals surface area contributed by atoms with Crippen molar-refractivity contribution in [1.82, 2.24) is 74.8 Å². The average molecular weight is 1010 g/mol. The minimum Gasteiger partial charge on any atom is -0.444 e.